The average Bonchev–Trinajstić information content (AvgIpc) is 3.43. The molecule has 1 N–H and O–H groups in total. The van der Waals surface area contributed by atoms with Gasteiger partial charge < -0.3 is 19.8 Å². The van der Waals surface area contributed by atoms with Gasteiger partial charge >= 0.3 is 6.18 Å². The van der Waals surface area contributed by atoms with Crippen LogP contribution in [0.4, 0.5) is 23.4 Å². The zero-order valence-electron chi connectivity index (χ0n) is 17.1. The highest BCUT2D eigenvalue weighted by molar-refractivity contribution is 5.84. The number of aromatic nitrogens is 5. The molecule has 1 aromatic carbocycles. The molecule has 1 saturated heterocycles. The highest BCUT2D eigenvalue weighted by atomic mass is 19.4. The maximum absolute atomic E-state index is 13.9. The summed E-state index contributed by atoms with van der Waals surface area (Å²) in [6.07, 6.45) is -1.45. The van der Waals surface area contributed by atoms with Crippen LogP contribution in [0.25, 0.3) is 22.1 Å². The highest BCUT2D eigenvalue weighted by Gasteiger charge is 2.34. The molecule has 1 unspecified atom stereocenters. The van der Waals surface area contributed by atoms with Crippen molar-refractivity contribution in [2.45, 2.75) is 31.5 Å². The molecule has 12 heteroatoms. The Kier molecular flexibility index (Phi) is 5.14. The van der Waals surface area contributed by atoms with Crippen molar-refractivity contribution in [3.05, 3.63) is 53.6 Å². The molecule has 4 aromatic rings. The number of anilines is 1. The van der Waals surface area contributed by atoms with Crippen LogP contribution in [0.2, 0.25) is 0 Å². The van der Waals surface area contributed by atoms with Gasteiger partial charge in [-0.3, -0.25) is 0 Å². The molecule has 8 nitrogen and oxygen atoms in total. The maximum Gasteiger partial charge on any atom is 0.398 e. The fraction of sp³-hybridized carbons (Fsp3) is 0.333. The molecule has 0 saturated carbocycles. The van der Waals surface area contributed by atoms with Crippen LogP contribution in [0.15, 0.2) is 36.9 Å². The van der Waals surface area contributed by atoms with E-state index in [1.165, 1.54) is 12.7 Å². The molecule has 172 valence electrons. The highest BCUT2D eigenvalue weighted by Crippen LogP contribution is 2.31. The quantitative estimate of drug-likeness (QED) is 0.278. The van der Waals surface area contributed by atoms with Crippen LogP contribution < -0.4 is 14.4 Å². The number of hydrogen-bond donors (Lipinski definition) is 1. The largest absolute Gasteiger partial charge is 0.618 e. The predicted molar refractivity (Wildman–Crippen MR) is 110 cm³/mol. The zero-order chi connectivity index (χ0) is 23.2. The van der Waals surface area contributed by atoms with Crippen LogP contribution in [0.3, 0.4) is 0 Å². The smallest absolute Gasteiger partial charge is 0.398 e. The molecule has 1 atom stereocenters. The number of hydrogen-bond acceptors (Lipinski definition) is 6. The Balaban J connectivity index is 1.46. The molecule has 0 spiro atoms. The number of rotatable bonds is 5. The van der Waals surface area contributed by atoms with Crippen molar-refractivity contribution in [1.29, 1.82) is 0 Å². The molecule has 1 aliphatic rings. The first-order valence-corrected chi connectivity index (χ1v) is 10.2. The minimum atomic E-state index is -4.58. The summed E-state index contributed by atoms with van der Waals surface area (Å²) in [7, 11) is 0. The lowest BCUT2D eigenvalue weighted by molar-refractivity contribution is -0.588. The van der Waals surface area contributed by atoms with Gasteiger partial charge in [-0.2, -0.15) is 17.9 Å². The van der Waals surface area contributed by atoms with Crippen molar-refractivity contribution in [1.82, 2.24) is 19.9 Å². The molecule has 0 amide bonds. The van der Waals surface area contributed by atoms with Gasteiger partial charge in [0, 0.05) is 18.7 Å². The van der Waals surface area contributed by atoms with Gasteiger partial charge in [-0.1, -0.05) is 0 Å². The van der Waals surface area contributed by atoms with Gasteiger partial charge in [-0.15, -0.1) is 0 Å². The van der Waals surface area contributed by atoms with E-state index >= 15 is 0 Å². The Labute approximate surface area is 184 Å². The van der Waals surface area contributed by atoms with Crippen LogP contribution >= 0.6 is 0 Å². The monoisotopic (exact) mass is 462 g/mol. The number of ether oxygens (including phenoxy) is 1. The average molecular weight is 462 g/mol. The minimum Gasteiger partial charge on any atom is -0.618 e. The summed E-state index contributed by atoms with van der Waals surface area (Å²) in [5.74, 6) is 0.0563. The van der Waals surface area contributed by atoms with Crippen LogP contribution in [-0.4, -0.2) is 45.3 Å². The van der Waals surface area contributed by atoms with E-state index in [0.717, 1.165) is 37.1 Å². The van der Waals surface area contributed by atoms with E-state index in [4.69, 9.17) is 4.74 Å². The molecule has 33 heavy (non-hydrogen) atoms. The first-order chi connectivity index (χ1) is 15.8. The number of aromatic amines is 1. The van der Waals surface area contributed by atoms with Crippen molar-refractivity contribution < 1.29 is 27.0 Å². The van der Waals surface area contributed by atoms with Gasteiger partial charge in [-0.05, 0) is 25.0 Å². The Bertz CT molecular complexity index is 1330. The number of H-pyrrole nitrogens is 1. The standard InChI is InChI=1S/C21H18F4N6O2/c22-12-3-4-16-15(6-12)17(7-14(31(16)32)8-21(23,24)25)33-9-13-2-1-5-30(13)20-18-19(27-10-26-18)28-11-29-20/h3-4,6-7,10-11,13H,1-2,5,8-9H2,(H,26,27,28,29). The topological polar surface area (TPSA) is 93.9 Å². The zero-order valence-corrected chi connectivity index (χ0v) is 17.1. The first kappa shape index (κ1) is 21.2. The number of nitrogens with zero attached hydrogens (tertiary/aromatic N) is 5. The van der Waals surface area contributed by atoms with Gasteiger partial charge in [0.2, 0.25) is 11.2 Å². The van der Waals surface area contributed by atoms with Crippen molar-refractivity contribution in [3.8, 4) is 5.75 Å². The number of benzene rings is 1. The van der Waals surface area contributed by atoms with Crippen molar-refractivity contribution >= 4 is 27.9 Å². The molecule has 0 radical (unpaired) electrons. The van der Waals surface area contributed by atoms with Gasteiger partial charge in [0.25, 0.3) is 0 Å². The normalized spacial score (nSPS) is 16.7. The third-order valence-corrected chi connectivity index (χ3v) is 5.67. The Morgan fingerprint density at radius 2 is 2.06 bits per heavy atom. The Morgan fingerprint density at radius 1 is 1.21 bits per heavy atom. The lowest BCUT2D eigenvalue weighted by Gasteiger charge is -2.26. The number of pyridine rings is 1. The van der Waals surface area contributed by atoms with E-state index in [1.54, 1.807) is 0 Å². The molecule has 1 fully saturated rings. The summed E-state index contributed by atoms with van der Waals surface area (Å²) >= 11 is 0. The van der Waals surface area contributed by atoms with Crippen molar-refractivity contribution in [2.75, 3.05) is 18.1 Å². The second-order valence-electron chi connectivity index (χ2n) is 7.85. The summed E-state index contributed by atoms with van der Waals surface area (Å²) in [6, 6.07) is 4.17. The SMILES string of the molecule is [O-][n+]1c(CC(F)(F)F)cc(OCC2CCCN2c2ncnc3nc[nH]c23)c2cc(F)ccc21. The molecule has 3 aromatic heterocycles. The van der Waals surface area contributed by atoms with Gasteiger partial charge in [-0.25, -0.2) is 19.3 Å². The third-order valence-electron chi connectivity index (χ3n) is 5.67. The maximum atomic E-state index is 13.9. The number of nitrogens with one attached hydrogen (secondary N) is 1. The molecular formula is C21H18F4N6O2. The van der Waals surface area contributed by atoms with Gasteiger partial charge in [0.05, 0.1) is 17.8 Å². The lowest BCUT2D eigenvalue weighted by atomic mass is 10.1. The van der Waals surface area contributed by atoms with E-state index in [2.05, 4.69) is 19.9 Å². The summed E-state index contributed by atoms with van der Waals surface area (Å²) in [5.41, 5.74) is 0.589. The van der Waals surface area contributed by atoms with Crippen molar-refractivity contribution in [2.24, 2.45) is 0 Å². The van der Waals surface area contributed by atoms with E-state index in [-0.39, 0.29) is 34.0 Å². The molecule has 0 bridgehead atoms. The van der Waals surface area contributed by atoms with E-state index in [1.807, 2.05) is 4.90 Å². The summed E-state index contributed by atoms with van der Waals surface area (Å²) < 4.78 is 59.0. The fourth-order valence-corrected chi connectivity index (χ4v) is 4.22. The second-order valence-corrected chi connectivity index (χ2v) is 7.85. The predicted octanol–water partition coefficient (Wildman–Crippen LogP) is 3.43. The fourth-order valence-electron chi connectivity index (χ4n) is 4.22. The van der Waals surface area contributed by atoms with Crippen LogP contribution in [0.5, 0.6) is 5.75 Å². The second kappa shape index (κ2) is 8.01. The Hall–Kier alpha value is -3.70. The molecular weight excluding hydrogens is 444 g/mol. The summed E-state index contributed by atoms with van der Waals surface area (Å²) in [6.45, 7) is 0.808. The molecule has 1 aliphatic heterocycles. The molecule has 4 heterocycles. The number of imidazole rings is 1. The number of fused-ring (bicyclic) bond motifs is 2. The summed E-state index contributed by atoms with van der Waals surface area (Å²) in [4.78, 5) is 17.7. The lowest BCUT2D eigenvalue weighted by Crippen LogP contribution is -2.37. The summed E-state index contributed by atoms with van der Waals surface area (Å²) in [5, 5.41) is 12.6. The molecule has 5 rings (SSSR count). The van der Waals surface area contributed by atoms with E-state index in [0.29, 0.717) is 23.5 Å². The van der Waals surface area contributed by atoms with E-state index < -0.39 is 24.1 Å². The third kappa shape index (κ3) is 4.08. The van der Waals surface area contributed by atoms with Gasteiger partial charge in [0.1, 0.15) is 36.4 Å². The van der Waals surface area contributed by atoms with Crippen LogP contribution in [0.1, 0.15) is 18.5 Å². The number of halogens is 4. The number of alkyl halides is 3. The Morgan fingerprint density at radius 3 is 2.88 bits per heavy atom. The van der Waals surface area contributed by atoms with Crippen LogP contribution in [-0.2, 0) is 6.42 Å². The van der Waals surface area contributed by atoms with E-state index in [9.17, 15) is 22.8 Å². The molecule has 0 aliphatic carbocycles. The first-order valence-electron chi connectivity index (χ1n) is 10.2. The van der Waals surface area contributed by atoms with Crippen molar-refractivity contribution in [3.63, 3.8) is 0 Å². The minimum absolute atomic E-state index is 0.0251. The van der Waals surface area contributed by atoms with Crippen LogP contribution in [0, 0.1) is 11.0 Å². The van der Waals surface area contributed by atoms with Gasteiger partial charge in [0.15, 0.2) is 11.5 Å².